The highest BCUT2D eigenvalue weighted by Crippen LogP contribution is 2.30. The van der Waals surface area contributed by atoms with E-state index in [1.54, 1.807) is 38.1 Å². The number of halogens is 1. The summed E-state index contributed by atoms with van der Waals surface area (Å²) < 4.78 is 10.9. The van der Waals surface area contributed by atoms with Gasteiger partial charge in [0.2, 0.25) is 0 Å². The molecule has 0 spiro atoms. The Morgan fingerprint density at radius 2 is 1.88 bits per heavy atom. The molecule has 0 radical (unpaired) electrons. The van der Waals surface area contributed by atoms with Crippen molar-refractivity contribution in [2.45, 2.75) is 32.3 Å². The molecule has 1 heterocycles. The largest absolute Gasteiger partial charge is 0.481 e. The van der Waals surface area contributed by atoms with Gasteiger partial charge >= 0.3 is 5.97 Å². The summed E-state index contributed by atoms with van der Waals surface area (Å²) in [6.07, 6.45) is 0.752. The molecule has 1 aliphatic heterocycles. The maximum absolute atomic E-state index is 12.5. The lowest BCUT2D eigenvalue weighted by Gasteiger charge is -2.34. The van der Waals surface area contributed by atoms with Gasteiger partial charge in [-0.2, -0.15) is 0 Å². The van der Waals surface area contributed by atoms with Crippen LogP contribution >= 0.6 is 11.6 Å². The first-order valence-electron chi connectivity index (χ1n) is 7.79. The number of ether oxygens (including phenoxy) is 2. The molecule has 1 saturated heterocycles. The Bertz CT molecular complexity index is 594. The molecular formula is C17H22ClNO5. The quantitative estimate of drug-likeness (QED) is 0.819. The molecule has 0 aromatic heterocycles. The standard InChI is InChI=1S/C17H22ClNO5/c1-16(2,24-13-5-3-12(18)4-6-13)14(20)19-11-17(15(21)22)7-9-23-10-8-17/h3-6H,7-11H2,1-2H3,(H,19,20)(H,21,22). The predicted molar refractivity (Wildman–Crippen MR) is 89.3 cm³/mol. The van der Waals surface area contributed by atoms with E-state index >= 15 is 0 Å². The molecule has 6 nitrogen and oxygen atoms in total. The number of aliphatic carboxylic acids is 1. The maximum Gasteiger partial charge on any atom is 0.311 e. The normalized spacial score (nSPS) is 17.1. The van der Waals surface area contributed by atoms with Crippen LogP contribution in [0.4, 0.5) is 0 Å². The molecule has 0 atom stereocenters. The molecule has 1 aliphatic rings. The van der Waals surface area contributed by atoms with Crippen LogP contribution in [0, 0.1) is 5.41 Å². The van der Waals surface area contributed by atoms with Crippen LogP contribution in [-0.4, -0.2) is 42.3 Å². The fraction of sp³-hybridized carbons (Fsp3) is 0.529. The van der Waals surface area contributed by atoms with E-state index in [1.807, 2.05) is 0 Å². The molecule has 1 aromatic carbocycles. The monoisotopic (exact) mass is 355 g/mol. The lowest BCUT2D eigenvalue weighted by molar-refractivity contribution is -0.155. The highest BCUT2D eigenvalue weighted by molar-refractivity contribution is 6.30. The van der Waals surface area contributed by atoms with Gasteiger partial charge in [-0.25, -0.2) is 0 Å². The summed E-state index contributed by atoms with van der Waals surface area (Å²) in [6, 6.07) is 6.70. The number of carbonyl (C=O) groups excluding carboxylic acids is 1. The molecule has 0 saturated carbocycles. The first-order chi connectivity index (χ1) is 11.3. The van der Waals surface area contributed by atoms with Crippen LogP contribution in [0.2, 0.25) is 5.02 Å². The topological polar surface area (TPSA) is 84.9 Å². The fourth-order valence-electron chi connectivity index (χ4n) is 2.53. The smallest absolute Gasteiger partial charge is 0.311 e. The molecule has 2 N–H and O–H groups in total. The summed E-state index contributed by atoms with van der Waals surface area (Å²) in [5.41, 5.74) is -2.12. The van der Waals surface area contributed by atoms with Crippen LogP contribution in [-0.2, 0) is 14.3 Å². The molecule has 132 valence electrons. The van der Waals surface area contributed by atoms with Gasteiger partial charge in [0.15, 0.2) is 5.60 Å². The van der Waals surface area contributed by atoms with E-state index in [1.165, 1.54) is 0 Å². The Morgan fingerprint density at radius 3 is 2.42 bits per heavy atom. The van der Waals surface area contributed by atoms with E-state index < -0.39 is 17.0 Å². The van der Waals surface area contributed by atoms with Crippen molar-refractivity contribution in [3.05, 3.63) is 29.3 Å². The Hall–Kier alpha value is -1.79. The number of amides is 1. The third-order valence-electron chi connectivity index (χ3n) is 4.22. The summed E-state index contributed by atoms with van der Waals surface area (Å²) in [7, 11) is 0. The van der Waals surface area contributed by atoms with E-state index in [9.17, 15) is 14.7 Å². The summed E-state index contributed by atoms with van der Waals surface area (Å²) in [5.74, 6) is -0.773. The van der Waals surface area contributed by atoms with Gasteiger partial charge < -0.3 is 19.9 Å². The number of hydrogen-bond donors (Lipinski definition) is 2. The molecule has 0 bridgehead atoms. The van der Waals surface area contributed by atoms with Crippen LogP contribution in [0.15, 0.2) is 24.3 Å². The van der Waals surface area contributed by atoms with E-state index in [0.29, 0.717) is 36.8 Å². The van der Waals surface area contributed by atoms with Crippen LogP contribution in [0.3, 0.4) is 0 Å². The average molecular weight is 356 g/mol. The van der Waals surface area contributed by atoms with E-state index in [2.05, 4.69) is 5.32 Å². The van der Waals surface area contributed by atoms with Crippen molar-refractivity contribution in [1.82, 2.24) is 5.32 Å². The van der Waals surface area contributed by atoms with Crippen LogP contribution in [0.5, 0.6) is 5.75 Å². The van der Waals surface area contributed by atoms with Gasteiger partial charge in [0.1, 0.15) is 5.75 Å². The lowest BCUT2D eigenvalue weighted by Crippen LogP contribution is -2.52. The van der Waals surface area contributed by atoms with Crippen molar-refractivity contribution in [2.24, 2.45) is 5.41 Å². The first-order valence-corrected chi connectivity index (χ1v) is 8.17. The third kappa shape index (κ3) is 4.39. The molecule has 2 rings (SSSR count). The van der Waals surface area contributed by atoms with Crippen molar-refractivity contribution in [3.8, 4) is 5.75 Å². The summed E-state index contributed by atoms with van der Waals surface area (Å²) in [4.78, 5) is 24.1. The number of hydrogen-bond acceptors (Lipinski definition) is 4. The number of carbonyl (C=O) groups is 2. The van der Waals surface area contributed by atoms with Crippen LogP contribution in [0.1, 0.15) is 26.7 Å². The molecule has 0 aliphatic carbocycles. The van der Waals surface area contributed by atoms with E-state index in [4.69, 9.17) is 21.1 Å². The summed E-state index contributed by atoms with van der Waals surface area (Å²) >= 11 is 5.83. The maximum atomic E-state index is 12.5. The van der Waals surface area contributed by atoms with Gasteiger partial charge in [-0.15, -0.1) is 0 Å². The van der Waals surface area contributed by atoms with E-state index in [0.717, 1.165) is 0 Å². The first kappa shape index (κ1) is 18.5. The fourth-order valence-corrected chi connectivity index (χ4v) is 2.66. The number of carboxylic acids is 1. The minimum absolute atomic E-state index is 0.0535. The van der Waals surface area contributed by atoms with Crippen molar-refractivity contribution < 1.29 is 24.2 Å². The molecule has 1 amide bonds. The zero-order valence-corrected chi connectivity index (χ0v) is 14.6. The number of carboxylic acid groups (broad SMARTS) is 1. The zero-order chi connectivity index (χ0) is 17.8. The van der Waals surface area contributed by atoms with Crippen molar-refractivity contribution in [2.75, 3.05) is 19.8 Å². The zero-order valence-electron chi connectivity index (χ0n) is 13.8. The SMILES string of the molecule is CC(C)(Oc1ccc(Cl)cc1)C(=O)NCC1(C(=O)O)CCOCC1. The number of nitrogens with one attached hydrogen (secondary N) is 1. The minimum atomic E-state index is -1.14. The molecule has 24 heavy (non-hydrogen) atoms. The number of benzene rings is 1. The van der Waals surface area contributed by atoms with Crippen molar-refractivity contribution in [1.29, 1.82) is 0 Å². The highest BCUT2D eigenvalue weighted by Gasteiger charge is 2.41. The second-order valence-electron chi connectivity index (χ2n) is 6.45. The summed E-state index contributed by atoms with van der Waals surface area (Å²) in [5, 5.41) is 12.8. The van der Waals surface area contributed by atoms with Crippen molar-refractivity contribution in [3.63, 3.8) is 0 Å². The van der Waals surface area contributed by atoms with Crippen LogP contribution < -0.4 is 10.1 Å². The van der Waals surface area contributed by atoms with Crippen LogP contribution in [0.25, 0.3) is 0 Å². The molecular weight excluding hydrogens is 334 g/mol. The Labute approximate surface area is 146 Å². The summed E-state index contributed by atoms with van der Waals surface area (Å²) in [6.45, 7) is 4.08. The second kappa shape index (κ2) is 7.40. The van der Waals surface area contributed by atoms with Gasteiger partial charge in [0.05, 0.1) is 5.41 Å². The Balaban J connectivity index is 1.99. The molecule has 0 unspecified atom stereocenters. The van der Waals surface area contributed by atoms with Gasteiger partial charge in [-0.1, -0.05) is 11.6 Å². The van der Waals surface area contributed by atoms with Gasteiger partial charge in [0, 0.05) is 24.8 Å². The second-order valence-corrected chi connectivity index (χ2v) is 6.88. The highest BCUT2D eigenvalue weighted by atomic mass is 35.5. The van der Waals surface area contributed by atoms with Crippen molar-refractivity contribution >= 4 is 23.5 Å². The van der Waals surface area contributed by atoms with Gasteiger partial charge in [-0.05, 0) is 51.0 Å². The van der Waals surface area contributed by atoms with Gasteiger partial charge in [-0.3, -0.25) is 9.59 Å². The average Bonchev–Trinajstić information content (AvgIpc) is 2.55. The van der Waals surface area contributed by atoms with Gasteiger partial charge in [0.25, 0.3) is 5.91 Å². The number of rotatable bonds is 6. The molecule has 7 heteroatoms. The molecule has 1 aromatic rings. The predicted octanol–water partition coefficient (Wildman–Crippen LogP) is 2.50. The Kier molecular flexibility index (Phi) is 5.72. The van der Waals surface area contributed by atoms with E-state index in [-0.39, 0.29) is 12.5 Å². The lowest BCUT2D eigenvalue weighted by atomic mass is 9.80. The third-order valence-corrected chi connectivity index (χ3v) is 4.48. The molecule has 1 fully saturated rings. The minimum Gasteiger partial charge on any atom is -0.481 e. The Morgan fingerprint density at radius 1 is 1.29 bits per heavy atom.